The summed E-state index contributed by atoms with van der Waals surface area (Å²) in [5.41, 5.74) is 3.13. The molecule has 1 heterocycles. The Bertz CT molecular complexity index is 884. The van der Waals surface area contributed by atoms with Gasteiger partial charge in [0.05, 0.1) is 5.56 Å². The van der Waals surface area contributed by atoms with Crippen molar-refractivity contribution in [2.45, 2.75) is 13.3 Å². The molecule has 0 bridgehead atoms. The Hall–Kier alpha value is -3.34. The van der Waals surface area contributed by atoms with Crippen LogP contribution in [0.1, 0.15) is 22.8 Å². The molecule has 3 rings (SSSR count). The molecule has 1 amide bonds. The van der Waals surface area contributed by atoms with Gasteiger partial charge in [0.15, 0.2) is 6.61 Å². The van der Waals surface area contributed by atoms with E-state index >= 15 is 0 Å². The van der Waals surface area contributed by atoms with Gasteiger partial charge in [0, 0.05) is 23.8 Å². The molecule has 0 unspecified atom stereocenters. The minimum atomic E-state index is -0.525. The lowest BCUT2D eigenvalue weighted by atomic mass is 10.1. The van der Waals surface area contributed by atoms with Crippen molar-refractivity contribution in [3.63, 3.8) is 0 Å². The molecule has 5 nitrogen and oxygen atoms in total. The van der Waals surface area contributed by atoms with Gasteiger partial charge in [0.1, 0.15) is 0 Å². The largest absolute Gasteiger partial charge is 0.452 e. The van der Waals surface area contributed by atoms with Gasteiger partial charge < -0.3 is 14.6 Å². The smallest absolute Gasteiger partial charge is 0.338 e. The van der Waals surface area contributed by atoms with Crippen molar-refractivity contribution in [2.75, 3.05) is 11.9 Å². The molecule has 1 N–H and O–H groups in total. The standard InChI is InChI=1S/C21H20N2O3/c1-2-16-7-3-4-8-19(16)22-20(24)15-26-21(25)17-9-11-18(12-10-17)23-13-5-6-14-23/h3-14H,2,15H2,1H3,(H,22,24). The van der Waals surface area contributed by atoms with Crippen LogP contribution in [0, 0.1) is 0 Å². The molecule has 0 saturated heterocycles. The fourth-order valence-corrected chi connectivity index (χ4v) is 2.63. The Labute approximate surface area is 152 Å². The number of nitrogens with one attached hydrogen (secondary N) is 1. The number of benzene rings is 2. The minimum Gasteiger partial charge on any atom is -0.452 e. The predicted molar refractivity (Wildman–Crippen MR) is 101 cm³/mol. The zero-order valence-electron chi connectivity index (χ0n) is 14.5. The van der Waals surface area contributed by atoms with Gasteiger partial charge in [-0.1, -0.05) is 25.1 Å². The highest BCUT2D eigenvalue weighted by molar-refractivity contribution is 5.96. The number of amides is 1. The van der Waals surface area contributed by atoms with Gasteiger partial charge in [0.2, 0.25) is 0 Å². The van der Waals surface area contributed by atoms with Crippen molar-refractivity contribution in [1.29, 1.82) is 0 Å². The third kappa shape index (κ3) is 4.19. The minimum absolute atomic E-state index is 0.323. The molecule has 0 spiro atoms. The van der Waals surface area contributed by atoms with E-state index in [1.807, 2.05) is 72.4 Å². The quantitative estimate of drug-likeness (QED) is 0.689. The first-order valence-electron chi connectivity index (χ1n) is 8.45. The molecule has 0 atom stereocenters. The molecule has 0 aliphatic carbocycles. The van der Waals surface area contributed by atoms with Gasteiger partial charge in [-0.2, -0.15) is 0 Å². The van der Waals surface area contributed by atoms with Crippen LogP contribution in [-0.2, 0) is 16.0 Å². The summed E-state index contributed by atoms with van der Waals surface area (Å²) in [4.78, 5) is 24.1. The van der Waals surface area contributed by atoms with Gasteiger partial charge in [-0.15, -0.1) is 0 Å². The molecule has 132 valence electrons. The van der Waals surface area contributed by atoms with Crippen LogP contribution < -0.4 is 5.32 Å². The first kappa shape index (κ1) is 17.5. The molecule has 1 aromatic heterocycles. The molecular weight excluding hydrogens is 328 g/mol. The summed E-state index contributed by atoms with van der Waals surface area (Å²) >= 11 is 0. The van der Waals surface area contributed by atoms with E-state index in [-0.39, 0.29) is 12.5 Å². The van der Waals surface area contributed by atoms with Crippen LogP contribution in [0.25, 0.3) is 5.69 Å². The molecule has 5 heteroatoms. The second-order valence-electron chi connectivity index (χ2n) is 5.77. The van der Waals surface area contributed by atoms with E-state index in [9.17, 15) is 9.59 Å². The molecule has 0 aliphatic heterocycles. The highest BCUT2D eigenvalue weighted by Crippen LogP contribution is 2.15. The maximum atomic E-state index is 12.1. The molecular formula is C21H20N2O3. The highest BCUT2D eigenvalue weighted by atomic mass is 16.5. The molecule has 3 aromatic rings. The van der Waals surface area contributed by atoms with Crippen LogP contribution in [0.3, 0.4) is 0 Å². The summed E-state index contributed by atoms with van der Waals surface area (Å²) in [6.45, 7) is 1.69. The molecule has 0 aliphatic rings. The SMILES string of the molecule is CCc1ccccc1NC(=O)COC(=O)c1ccc(-n2cccc2)cc1. The van der Waals surface area contributed by atoms with Gasteiger partial charge in [-0.25, -0.2) is 4.79 Å². The Kier molecular flexibility index (Phi) is 5.49. The van der Waals surface area contributed by atoms with Crippen LogP contribution in [0.4, 0.5) is 5.69 Å². The van der Waals surface area contributed by atoms with Crippen molar-refractivity contribution >= 4 is 17.6 Å². The number of anilines is 1. The number of aromatic nitrogens is 1. The fourth-order valence-electron chi connectivity index (χ4n) is 2.63. The topological polar surface area (TPSA) is 60.3 Å². The monoisotopic (exact) mass is 348 g/mol. The van der Waals surface area contributed by atoms with Crippen LogP contribution in [-0.4, -0.2) is 23.1 Å². The van der Waals surface area contributed by atoms with Crippen LogP contribution in [0.15, 0.2) is 73.1 Å². The Morgan fingerprint density at radius 3 is 2.35 bits per heavy atom. The zero-order valence-corrected chi connectivity index (χ0v) is 14.5. The molecule has 26 heavy (non-hydrogen) atoms. The van der Waals surface area contributed by atoms with E-state index in [4.69, 9.17) is 4.74 Å². The summed E-state index contributed by atoms with van der Waals surface area (Å²) in [5, 5.41) is 2.78. The van der Waals surface area contributed by atoms with Crippen LogP contribution in [0.5, 0.6) is 0 Å². The number of rotatable bonds is 6. The van der Waals surface area contributed by atoms with E-state index in [0.29, 0.717) is 5.56 Å². The number of carbonyl (C=O) groups is 2. The van der Waals surface area contributed by atoms with Crippen LogP contribution >= 0.6 is 0 Å². The average molecular weight is 348 g/mol. The van der Waals surface area contributed by atoms with Gasteiger partial charge in [-0.05, 0) is 54.4 Å². The molecule has 0 radical (unpaired) electrons. The summed E-state index contributed by atoms with van der Waals surface area (Å²) in [7, 11) is 0. The highest BCUT2D eigenvalue weighted by Gasteiger charge is 2.11. The van der Waals surface area contributed by atoms with Gasteiger partial charge in [-0.3, -0.25) is 4.79 Å². The van der Waals surface area contributed by atoms with E-state index in [2.05, 4.69) is 5.32 Å². The third-order valence-electron chi connectivity index (χ3n) is 4.01. The lowest BCUT2D eigenvalue weighted by Crippen LogP contribution is -2.21. The number of para-hydroxylation sites is 1. The van der Waals surface area contributed by atoms with Crippen molar-refractivity contribution in [3.05, 3.63) is 84.2 Å². The van der Waals surface area contributed by atoms with E-state index in [1.165, 1.54) is 0 Å². The van der Waals surface area contributed by atoms with Crippen molar-refractivity contribution < 1.29 is 14.3 Å². The second kappa shape index (κ2) is 8.16. The van der Waals surface area contributed by atoms with Crippen molar-refractivity contribution in [1.82, 2.24) is 4.57 Å². The van der Waals surface area contributed by atoms with E-state index in [0.717, 1.165) is 23.4 Å². The van der Waals surface area contributed by atoms with E-state index in [1.54, 1.807) is 12.1 Å². The number of aryl methyl sites for hydroxylation is 1. The summed E-state index contributed by atoms with van der Waals surface area (Å²) in [5.74, 6) is -0.883. The fraction of sp³-hybridized carbons (Fsp3) is 0.143. The van der Waals surface area contributed by atoms with E-state index < -0.39 is 5.97 Å². The average Bonchev–Trinajstić information content (AvgIpc) is 3.21. The first-order chi connectivity index (χ1) is 12.7. The van der Waals surface area contributed by atoms with Gasteiger partial charge in [0.25, 0.3) is 5.91 Å². The molecule has 0 saturated carbocycles. The number of nitrogens with zero attached hydrogens (tertiary/aromatic N) is 1. The lowest BCUT2D eigenvalue weighted by Gasteiger charge is -2.10. The van der Waals surface area contributed by atoms with Gasteiger partial charge >= 0.3 is 5.97 Å². The second-order valence-corrected chi connectivity index (χ2v) is 5.77. The number of hydrogen-bond donors (Lipinski definition) is 1. The first-order valence-corrected chi connectivity index (χ1v) is 8.45. The summed E-state index contributed by atoms with van der Waals surface area (Å²) in [6, 6.07) is 18.4. The Morgan fingerprint density at radius 2 is 1.65 bits per heavy atom. The van der Waals surface area contributed by atoms with Crippen molar-refractivity contribution in [3.8, 4) is 5.69 Å². The normalized spacial score (nSPS) is 10.3. The maximum Gasteiger partial charge on any atom is 0.338 e. The summed E-state index contributed by atoms with van der Waals surface area (Å²) in [6.07, 6.45) is 4.65. The lowest BCUT2D eigenvalue weighted by molar-refractivity contribution is -0.119. The van der Waals surface area contributed by atoms with Crippen LogP contribution in [0.2, 0.25) is 0 Å². The number of hydrogen-bond acceptors (Lipinski definition) is 3. The molecule has 2 aromatic carbocycles. The third-order valence-corrected chi connectivity index (χ3v) is 4.01. The number of ether oxygens (including phenoxy) is 1. The Morgan fingerprint density at radius 1 is 0.962 bits per heavy atom. The number of esters is 1. The summed E-state index contributed by atoms with van der Waals surface area (Å²) < 4.78 is 7.05. The Balaban J connectivity index is 1.55. The zero-order chi connectivity index (χ0) is 18.4. The van der Waals surface area contributed by atoms with Crippen molar-refractivity contribution in [2.24, 2.45) is 0 Å². The number of carbonyl (C=O) groups excluding carboxylic acids is 2. The maximum absolute atomic E-state index is 12.1. The molecule has 0 fully saturated rings. The predicted octanol–water partition coefficient (Wildman–Crippen LogP) is 3.84.